The van der Waals surface area contributed by atoms with Crippen LogP contribution in [0.25, 0.3) is 6.08 Å². The number of aromatic nitrogens is 1. The van der Waals surface area contributed by atoms with E-state index in [1.54, 1.807) is 30.5 Å². The van der Waals surface area contributed by atoms with Crippen molar-refractivity contribution in [3.05, 3.63) is 65.7 Å². The Hall–Kier alpha value is -2.69. The van der Waals surface area contributed by atoms with Gasteiger partial charge in [0.25, 0.3) is 0 Å². The zero-order valence-electron chi connectivity index (χ0n) is 10.9. The predicted octanol–water partition coefficient (Wildman–Crippen LogP) is 3.32. The average Bonchev–Trinajstić information content (AvgIpc) is 2.41. The summed E-state index contributed by atoms with van der Waals surface area (Å²) < 4.78 is 12.7. The third-order valence-corrected chi connectivity index (χ3v) is 2.52. The normalized spacial score (nSPS) is 10.5. The van der Waals surface area contributed by atoms with Gasteiger partial charge < -0.3 is 5.32 Å². The molecule has 20 heavy (non-hydrogen) atoms. The first kappa shape index (κ1) is 13.7. The number of anilines is 1. The highest BCUT2D eigenvalue weighted by Gasteiger charge is 1.99. The van der Waals surface area contributed by atoms with Gasteiger partial charge in [-0.05, 0) is 48.4 Å². The summed E-state index contributed by atoms with van der Waals surface area (Å²) in [6.45, 7) is 1.92. The zero-order chi connectivity index (χ0) is 14.4. The maximum atomic E-state index is 12.7. The first-order valence-corrected chi connectivity index (χ1v) is 6.06. The van der Waals surface area contributed by atoms with Gasteiger partial charge in [-0.1, -0.05) is 12.1 Å². The maximum Gasteiger partial charge on any atom is 0.324 e. The summed E-state index contributed by atoms with van der Waals surface area (Å²) in [5.41, 5.74) is 1.80. The van der Waals surface area contributed by atoms with Crippen molar-refractivity contribution in [2.24, 2.45) is 0 Å². The molecule has 0 aliphatic rings. The molecule has 2 rings (SSSR count). The Labute approximate surface area is 116 Å². The smallest absolute Gasteiger partial charge is 0.314 e. The molecule has 0 spiro atoms. The molecule has 1 aromatic carbocycles. The second kappa shape index (κ2) is 6.47. The number of rotatable bonds is 3. The Bertz CT molecular complexity index is 623. The molecule has 0 aliphatic heterocycles. The first-order chi connectivity index (χ1) is 9.63. The predicted molar refractivity (Wildman–Crippen MR) is 76.6 cm³/mol. The fraction of sp³-hybridized carbons (Fsp3) is 0.0667. The minimum Gasteiger partial charge on any atom is -0.314 e. The Morgan fingerprint density at radius 2 is 2.00 bits per heavy atom. The van der Waals surface area contributed by atoms with Crippen molar-refractivity contribution in [3.63, 3.8) is 0 Å². The van der Waals surface area contributed by atoms with Crippen molar-refractivity contribution in [2.75, 3.05) is 5.32 Å². The van der Waals surface area contributed by atoms with Gasteiger partial charge in [0.1, 0.15) is 11.6 Å². The van der Waals surface area contributed by atoms with Crippen LogP contribution in [0.5, 0.6) is 0 Å². The molecule has 102 valence electrons. The topological polar surface area (TPSA) is 54.0 Å². The number of nitrogens with one attached hydrogen (secondary N) is 2. The molecule has 0 unspecified atom stereocenters. The number of urea groups is 1. The van der Waals surface area contributed by atoms with Gasteiger partial charge in [0.15, 0.2) is 0 Å². The fourth-order valence-electron chi connectivity index (χ4n) is 1.54. The van der Waals surface area contributed by atoms with Crippen molar-refractivity contribution in [1.82, 2.24) is 10.3 Å². The van der Waals surface area contributed by atoms with Crippen LogP contribution >= 0.6 is 0 Å². The molecule has 5 heteroatoms. The van der Waals surface area contributed by atoms with Gasteiger partial charge in [0.2, 0.25) is 0 Å². The number of nitrogens with zero attached hydrogens (tertiary/aromatic N) is 1. The lowest BCUT2D eigenvalue weighted by molar-refractivity contribution is 0.255. The molecule has 2 aromatic rings. The molecule has 1 heterocycles. The van der Waals surface area contributed by atoms with Gasteiger partial charge in [-0.15, -0.1) is 0 Å². The van der Waals surface area contributed by atoms with Gasteiger partial charge >= 0.3 is 6.03 Å². The number of pyridine rings is 1. The molecule has 0 atom stereocenters. The monoisotopic (exact) mass is 271 g/mol. The molecule has 0 radical (unpaired) electrons. The van der Waals surface area contributed by atoms with Crippen LogP contribution in [0.2, 0.25) is 0 Å². The molecule has 0 saturated heterocycles. The molecular formula is C15H14FN3O. The average molecular weight is 271 g/mol. The van der Waals surface area contributed by atoms with E-state index in [9.17, 15) is 9.18 Å². The van der Waals surface area contributed by atoms with Crippen molar-refractivity contribution in [2.45, 2.75) is 6.92 Å². The molecule has 0 aliphatic carbocycles. The van der Waals surface area contributed by atoms with Gasteiger partial charge in [-0.2, -0.15) is 0 Å². The second-order valence-corrected chi connectivity index (χ2v) is 4.20. The highest BCUT2D eigenvalue weighted by atomic mass is 19.1. The van der Waals surface area contributed by atoms with Crippen LogP contribution in [0, 0.1) is 12.7 Å². The first-order valence-electron chi connectivity index (χ1n) is 6.06. The Balaban J connectivity index is 1.87. The van der Waals surface area contributed by atoms with Crippen LogP contribution < -0.4 is 10.6 Å². The highest BCUT2D eigenvalue weighted by Crippen LogP contribution is 2.05. The molecule has 2 N–H and O–H groups in total. The molecule has 2 amide bonds. The van der Waals surface area contributed by atoms with Crippen molar-refractivity contribution < 1.29 is 9.18 Å². The van der Waals surface area contributed by atoms with Crippen LogP contribution in [0.4, 0.5) is 15.0 Å². The van der Waals surface area contributed by atoms with Crippen molar-refractivity contribution in [3.8, 4) is 0 Å². The van der Waals surface area contributed by atoms with Crippen LogP contribution in [0.3, 0.4) is 0 Å². The lowest BCUT2D eigenvalue weighted by Crippen LogP contribution is -2.24. The van der Waals surface area contributed by atoms with Crippen molar-refractivity contribution in [1.29, 1.82) is 0 Å². The number of carbonyl (C=O) groups is 1. The quantitative estimate of drug-likeness (QED) is 0.899. The van der Waals surface area contributed by atoms with Gasteiger partial charge in [0, 0.05) is 12.4 Å². The summed E-state index contributed by atoms with van der Waals surface area (Å²) in [5.74, 6) is 0.191. The standard InChI is InChI=1S/C15H14FN3O/c1-11-6-8-17-14(10-11)19-15(20)18-9-7-12-2-4-13(16)5-3-12/h2-10H,1H3,(H2,17,18,19,20)/b9-7+. The highest BCUT2D eigenvalue weighted by molar-refractivity contribution is 5.89. The minimum absolute atomic E-state index is 0.293. The van der Waals surface area contributed by atoms with Crippen LogP contribution in [-0.2, 0) is 0 Å². The lowest BCUT2D eigenvalue weighted by atomic mass is 10.2. The van der Waals surface area contributed by atoms with Gasteiger partial charge in [0.05, 0.1) is 0 Å². The molecule has 1 aromatic heterocycles. The molecule has 4 nitrogen and oxygen atoms in total. The van der Waals surface area contributed by atoms with Gasteiger partial charge in [-0.3, -0.25) is 5.32 Å². The number of benzene rings is 1. The fourth-order valence-corrected chi connectivity index (χ4v) is 1.54. The van der Waals surface area contributed by atoms with Crippen LogP contribution in [-0.4, -0.2) is 11.0 Å². The summed E-state index contributed by atoms with van der Waals surface area (Å²) in [4.78, 5) is 15.6. The number of carbonyl (C=O) groups excluding carboxylic acids is 1. The SMILES string of the molecule is Cc1ccnc(NC(=O)N/C=C/c2ccc(F)cc2)c1. The maximum absolute atomic E-state index is 12.7. The Kier molecular flexibility index (Phi) is 4.44. The van der Waals surface area contributed by atoms with Crippen molar-refractivity contribution >= 4 is 17.9 Å². The van der Waals surface area contributed by atoms with E-state index in [0.717, 1.165) is 11.1 Å². The molecule has 0 fully saturated rings. The molecular weight excluding hydrogens is 257 g/mol. The van der Waals surface area contributed by atoms with E-state index in [-0.39, 0.29) is 11.8 Å². The second-order valence-electron chi connectivity index (χ2n) is 4.20. The molecule has 0 saturated carbocycles. The summed E-state index contributed by atoms with van der Waals surface area (Å²) in [7, 11) is 0. The Morgan fingerprint density at radius 1 is 1.25 bits per heavy atom. The largest absolute Gasteiger partial charge is 0.324 e. The third-order valence-electron chi connectivity index (χ3n) is 2.52. The van der Waals surface area contributed by atoms with E-state index in [1.165, 1.54) is 18.3 Å². The van der Waals surface area contributed by atoms with E-state index in [2.05, 4.69) is 15.6 Å². The zero-order valence-corrected chi connectivity index (χ0v) is 10.9. The number of hydrogen-bond acceptors (Lipinski definition) is 2. The summed E-state index contributed by atoms with van der Waals surface area (Å²) in [6, 6.07) is 9.18. The van der Waals surface area contributed by atoms with Crippen LogP contribution in [0.15, 0.2) is 48.8 Å². The van der Waals surface area contributed by atoms with E-state index in [0.29, 0.717) is 5.82 Å². The van der Waals surface area contributed by atoms with E-state index < -0.39 is 0 Å². The number of amides is 2. The minimum atomic E-state index is -0.388. The van der Waals surface area contributed by atoms with Crippen LogP contribution in [0.1, 0.15) is 11.1 Å². The third kappa shape index (κ3) is 4.20. The van der Waals surface area contributed by atoms with E-state index in [4.69, 9.17) is 0 Å². The Morgan fingerprint density at radius 3 is 2.70 bits per heavy atom. The van der Waals surface area contributed by atoms with E-state index in [1.807, 2.05) is 13.0 Å². The van der Waals surface area contributed by atoms with E-state index >= 15 is 0 Å². The lowest BCUT2D eigenvalue weighted by Gasteiger charge is -2.04. The number of aryl methyl sites for hydroxylation is 1. The number of hydrogen-bond donors (Lipinski definition) is 2. The summed E-state index contributed by atoms with van der Waals surface area (Å²) >= 11 is 0. The number of halogens is 1. The summed E-state index contributed by atoms with van der Waals surface area (Å²) in [6.07, 6.45) is 4.78. The molecule has 0 bridgehead atoms. The van der Waals surface area contributed by atoms with Gasteiger partial charge in [-0.25, -0.2) is 14.2 Å². The summed E-state index contributed by atoms with van der Waals surface area (Å²) in [5, 5.41) is 5.16.